The predicted molar refractivity (Wildman–Crippen MR) is 80.2 cm³/mol. The van der Waals surface area contributed by atoms with Gasteiger partial charge in [0.2, 0.25) is 5.91 Å². The van der Waals surface area contributed by atoms with Crippen molar-refractivity contribution in [1.29, 1.82) is 0 Å². The zero-order valence-corrected chi connectivity index (χ0v) is 11.9. The SMILES string of the molecule is CC(=O)N1CC(=O)c2c(OC(=O)c3ccccc3)cccc21. The summed E-state index contributed by atoms with van der Waals surface area (Å²) in [5.74, 6) is -0.816. The van der Waals surface area contributed by atoms with Gasteiger partial charge in [-0.2, -0.15) is 0 Å². The number of Topliss-reactive ketones (excluding diaryl/α,β-unsaturated/α-hetero) is 1. The molecule has 0 saturated heterocycles. The molecule has 0 saturated carbocycles. The number of nitrogens with zero attached hydrogens (tertiary/aromatic N) is 1. The molecule has 1 aliphatic rings. The van der Waals surface area contributed by atoms with E-state index in [1.165, 1.54) is 11.8 Å². The van der Waals surface area contributed by atoms with Gasteiger partial charge in [-0.15, -0.1) is 0 Å². The minimum Gasteiger partial charge on any atom is -0.422 e. The number of hydrogen-bond acceptors (Lipinski definition) is 4. The van der Waals surface area contributed by atoms with Crippen molar-refractivity contribution in [1.82, 2.24) is 0 Å². The maximum absolute atomic E-state index is 12.1. The molecule has 0 aliphatic carbocycles. The monoisotopic (exact) mass is 295 g/mol. The molecule has 2 aromatic rings. The van der Waals surface area contributed by atoms with Crippen LogP contribution in [0.25, 0.3) is 0 Å². The molecule has 3 rings (SSSR count). The van der Waals surface area contributed by atoms with E-state index in [-0.39, 0.29) is 29.5 Å². The number of ether oxygens (including phenoxy) is 1. The van der Waals surface area contributed by atoms with Gasteiger partial charge < -0.3 is 9.64 Å². The van der Waals surface area contributed by atoms with Gasteiger partial charge in [0.1, 0.15) is 5.75 Å². The van der Waals surface area contributed by atoms with Crippen molar-refractivity contribution in [3.05, 3.63) is 59.7 Å². The van der Waals surface area contributed by atoms with E-state index >= 15 is 0 Å². The van der Waals surface area contributed by atoms with Crippen molar-refractivity contribution in [2.75, 3.05) is 11.4 Å². The number of esters is 1. The Balaban J connectivity index is 1.95. The summed E-state index contributed by atoms with van der Waals surface area (Å²) in [5, 5.41) is 0. The van der Waals surface area contributed by atoms with E-state index in [1.807, 2.05) is 0 Å². The van der Waals surface area contributed by atoms with E-state index in [1.54, 1.807) is 48.5 Å². The number of rotatable bonds is 2. The van der Waals surface area contributed by atoms with Gasteiger partial charge in [-0.05, 0) is 24.3 Å². The fourth-order valence-corrected chi connectivity index (χ4v) is 2.43. The third-order valence-corrected chi connectivity index (χ3v) is 3.47. The number of carbonyl (C=O) groups excluding carboxylic acids is 3. The number of hydrogen-bond donors (Lipinski definition) is 0. The summed E-state index contributed by atoms with van der Waals surface area (Å²) in [6, 6.07) is 13.4. The van der Waals surface area contributed by atoms with Crippen LogP contribution in [0.15, 0.2) is 48.5 Å². The molecule has 0 spiro atoms. The molecule has 1 amide bonds. The normalized spacial score (nSPS) is 13.0. The Morgan fingerprint density at radius 1 is 1.05 bits per heavy atom. The number of carbonyl (C=O) groups is 3. The lowest BCUT2D eigenvalue weighted by molar-refractivity contribution is -0.116. The highest BCUT2D eigenvalue weighted by molar-refractivity contribution is 6.17. The third-order valence-electron chi connectivity index (χ3n) is 3.47. The average Bonchev–Trinajstić information content (AvgIpc) is 2.87. The van der Waals surface area contributed by atoms with E-state index in [0.717, 1.165) is 0 Å². The average molecular weight is 295 g/mol. The Bertz CT molecular complexity index is 767. The maximum Gasteiger partial charge on any atom is 0.343 e. The van der Waals surface area contributed by atoms with Crippen molar-refractivity contribution < 1.29 is 19.1 Å². The molecule has 0 aromatic heterocycles. The van der Waals surface area contributed by atoms with Crippen LogP contribution in [0.4, 0.5) is 5.69 Å². The quantitative estimate of drug-likeness (QED) is 0.630. The highest BCUT2D eigenvalue weighted by atomic mass is 16.5. The van der Waals surface area contributed by atoms with Gasteiger partial charge in [0.25, 0.3) is 0 Å². The lowest BCUT2D eigenvalue weighted by atomic mass is 10.1. The summed E-state index contributed by atoms with van der Waals surface area (Å²) < 4.78 is 5.34. The van der Waals surface area contributed by atoms with Crippen LogP contribution < -0.4 is 9.64 Å². The van der Waals surface area contributed by atoms with Crippen LogP contribution in [0.1, 0.15) is 27.6 Å². The first-order valence-electron chi connectivity index (χ1n) is 6.79. The van der Waals surface area contributed by atoms with Gasteiger partial charge in [-0.25, -0.2) is 4.79 Å². The molecule has 1 aliphatic heterocycles. The summed E-state index contributed by atoms with van der Waals surface area (Å²) in [7, 11) is 0. The Hall–Kier alpha value is -2.95. The maximum atomic E-state index is 12.1. The van der Waals surface area contributed by atoms with E-state index in [2.05, 4.69) is 0 Å². The van der Waals surface area contributed by atoms with Crippen molar-refractivity contribution in [3.63, 3.8) is 0 Å². The highest BCUT2D eigenvalue weighted by Crippen LogP contribution is 2.35. The Labute approximate surface area is 127 Å². The van der Waals surface area contributed by atoms with Crippen molar-refractivity contribution in [2.24, 2.45) is 0 Å². The molecule has 5 heteroatoms. The van der Waals surface area contributed by atoms with Crippen LogP contribution in [-0.2, 0) is 4.79 Å². The summed E-state index contributed by atoms with van der Waals surface area (Å²) in [5.41, 5.74) is 1.16. The van der Waals surface area contributed by atoms with Gasteiger partial charge in [0.05, 0.1) is 23.4 Å². The number of anilines is 1. The molecule has 0 bridgehead atoms. The van der Waals surface area contributed by atoms with E-state index in [0.29, 0.717) is 11.3 Å². The van der Waals surface area contributed by atoms with Gasteiger partial charge in [-0.1, -0.05) is 24.3 Å². The summed E-state index contributed by atoms with van der Waals surface area (Å²) in [6.07, 6.45) is 0. The minimum absolute atomic E-state index is 0.0232. The molecule has 0 radical (unpaired) electrons. The van der Waals surface area contributed by atoms with Crippen molar-refractivity contribution >= 4 is 23.3 Å². The van der Waals surface area contributed by atoms with E-state index < -0.39 is 5.97 Å². The molecule has 5 nitrogen and oxygen atoms in total. The second-order valence-corrected chi connectivity index (χ2v) is 4.93. The summed E-state index contributed by atoms with van der Waals surface area (Å²) >= 11 is 0. The van der Waals surface area contributed by atoms with Crippen LogP contribution in [0.5, 0.6) is 5.75 Å². The number of benzene rings is 2. The van der Waals surface area contributed by atoms with Gasteiger partial charge in [0.15, 0.2) is 5.78 Å². The van der Waals surface area contributed by atoms with Crippen LogP contribution in [0.2, 0.25) is 0 Å². The number of amides is 1. The molecule has 110 valence electrons. The van der Waals surface area contributed by atoms with Crippen LogP contribution in [-0.4, -0.2) is 24.2 Å². The molecule has 0 atom stereocenters. The van der Waals surface area contributed by atoms with Gasteiger partial charge in [-0.3, -0.25) is 9.59 Å². The molecule has 22 heavy (non-hydrogen) atoms. The predicted octanol–water partition coefficient (Wildman–Crippen LogP) is 2.46. The Morgan fingerprint density at radius 3 is 2.45 bits per heavy atom. The zero-order chi connectivity index (χ0) is 15.7. The first-order valence-corrected chi connectivity index (χ1v) is 6.79. The lowest BCUT2D eigenvalue weighted by Gasteiger charge is -2.14. The number of ketones is 1. The fraction of sp³-hybridized carbons (Fsp3) is 0.118. The smallest absolute Gasteiger partial charge is 0.343 e. The minimum atomic E-state index is -0.539. The zero-order valence-electron chi connectivity index (χ0n) is 11.9. The van der Waals surface area contributed by atoms with Crippen LogP contribution in [0.3, 0.4) is 0 Å². The third kappa shape index (κ3) is 2.37. The Kier molecular flexibility index (Phi) is 3.47. The largest absolute Gasteiger partial charge is 0.422 e. The first-order chi connectivity index (χ1) is 10.6. The van der Waals surface area contributed by atoms with E-state index in [4.69, 9.17) is 4.74 Å². The molecule has 0 N–H and O–H groups in total. The Morgan fingerprint density at radius 2 is 1.77 bits per heavy atom. The van der Waals surface area contributed by atoms with Gasteiger partial charge in [0, 0.05) is 6.92 Å². The molecule has 0 fully saturated rings. The molecule has 1 heterocycles. The van der Waals surface area contributed by atoms with Crippen molar-refractivity contribution in [2.45, 2.75) is 6.92 Å². The standard InChI is InChI=1S/C17H13NO4/c1-11(19)18-10-14(20)16-13(18)8-5-9-15(16)22-17(21)12-6-3-2-4-7-12/h2-9H,10H2,1H3. The molecular weight excluding hydrogens is 282 g/mol. The highest BCUT2D eigenvalue weighted by Gasteiger charge is 2.32. The second kappa shape index (κ2) is 5.44. The van der Waals surface area contributed by atoms with E-state index in [9.17, 15) is 14.4 Å². The van der Waals surface area contributed by atoms with Crippen LogP contribution in [0, 0.1) is 0 Å². The van der Waals surface area contributed by atoms with Crippen molar-refractivity contribution in [3.8, 4) is 5.75 Å². The van der Waals surface area contributed by atoms with Crippen LogP contribution >= 0.6 is 0 Å². The first kappa shape index (κ1) is 14.0. The summed E-state index contributed by atoms with van der Waals surface area (Å²) in [4.78, 5) is 37.2. The lowest BCUT2D eigenvalue weighted by Crippen LogP contribution is -2.27. The molecule has 2 aromatic carbocycles. The number of fused-ring (bicyclic) bond motifs is 1. The summed E-state index contributed by atoms with van der Waals surface area (Å²) in [6.45, 7) is 1.37. The second-order valence-electron chi connectivity index (χ2n) is 4.93. The molecule has 0 unspecified atom stereocenters. The topological polar surface area (TPSA) is 63.7 Å². The van der Waals surface area contributed by atoms with Gasteiger partial charge >= 0.3 is 5.97 Å². The fourth-order valence-electron chi connectivity index (χ4n) is 2.43. The molecular formula is C17H13NO4.